The molecule has 0 spiro atoms. The third-order valence-corrected chi connectivity index (χ3v) is 3.48. The van der Waals surface area contributed by atoms with Crippen LogP contribution in [-0.4, -0.2) is 25.0 Å². The van der Waals surface area contributed by atoms with Crippen LogP contribution in [-0.2, 0) is 6.42 Å². The van der Waals surface area contributed by atoms with Crippen LogP contribution in [0.25, 0.3) is 0 Å². The number of rotatable bonds is 7. The standard InChI is InChI=1S/C16H28N2/c1-13(2)12-15-6-8-16(9-7-15)14(3)18(4)11-5-10-17/h6-9,13-14H,5,10-12,17H2,1-4H3. The van der Waals surface area contributed by atoms with Gasteiger partial charge in [-0.2, -0.15) is 0 Å². The number of benzene rings is 1. The predicted octanol–water partition coefficient (Wildman–Crippen LogP) is 3.23. The smallest absolute Gasteiger partial charge is 0.0316 e. The van der Waals surface area contributed by atoms with Crippen LogP contribution in [0, 0.1) is 5.92 Å². The highest BCUT2D eigenvalue weighted by Crippen LogP contribution is 2.20. The van der Waals surface area contributed by atoms with E-state index in [4.69, 9.17) is 5.73 Å². The molecule has 1 aromatic carbocycles. The molecule has 0 heterocycles. The first-order valence-electron chi connectivity index (χ1n) is 7.03. The number of hydrogen-bond donors (Lipinski definition) is 1. The molecule has 2 heteroatoms. The van der Waals surface area contributed by atoms with E-state index in [0.29, 0.717) is 6.04 Å². The van der Waals surface area contributed by atoms with Gasteiger partial charge in [0.1, 0.15) is 0 Å². The van der Waals surface area contributed by atoms with Gasteiger partial charge >= 0.3 is 0 Å². The van der Waals surface area contributed by atoms with Crippen molar-refractivity contribution in [2.75, 3.05) is 20.1 Å². The van der Waals surface area contributed by atoms with Crippen molar-refractivity contribution < 1.29 is 0 Å². The van der Waals surface area contributed by atoms with Crippen molar-refractivity contribution >= 4 is 0 Å². The molecule has 1 atom stereocenters. The van der Waals surface area contributed by atoms with Crippen molar-refractivity contribution in [3.63, 3.8) is 0 Å². The number of nitrogens with zero attached hydrogens (tertiary/aromatic N) is 1. The van der Waals surface area contributed by atoms with E-state index >= 15 is 0 Å². The van der Waals surface area contributed by atoms with Crippen molar-refractivity contribution in [2.45, 2.75) is 39.7 Å². The lowest BCUT2D eigenvalue weighted by atomic mass is 9.99. The Morgan fingerprint density at radius 1 is 1.11 bits per heavy atom. The van der Waals surface area contributed by atoms with Crippen LogP contribution in [0.5, 0.6) is 0 Å². The highest BCUT2D eigenvalue weighted by Gasteiger charge is 2.10. The molecule has 0 aliphatic heterocycles. The molecule has 0 saturated carbocycles. The van der Waals surface area contributed by atoms with Gasteiger partial charge in [-0.05, 0) is 56.9 Å². The molecule has 0 amide bonds. The summed E-state index contributed by atoms with van der Waals surface area (Å²) in [6, 6.07) is 9.53. The first-order chi connectivity index (χ1) is 8.54. The van der Waals surface area contributed by atoms with Crippen molar-refractivity contribution in [3.8, 4) is 0 Å². The first-order valence-corrected chi connectivity index (χ1v) is 7.03. The largest absolute Gasteiger partial charge is 0.330 e. The molecular formula is C16H28N2. The lowest BCUT2D eigenvalue weighted by Gasteiger charge is -2.25. The number of nitrogens with two attached hydrogens (primary N) is 1. The maximum Gasteiger partial charge on any atom is 0.0316 e. The van der Waals surface area contributed by atoms with E-state index in [-0.39, 0.29) is 0 Å². The van der Waals surface area contributed by atoms with E-state index in [1.807, 2.05) is 0 Å². The fourth-order valence-corrected chi connectivity index (χ4v) is 2.19. The van der Waals surface area contributed by atoms with Gasteiger partial charge in [0, 0.05) is 6.04 Å². The second-order valence-electron chi connectivity index (χ2n) is 5.64. The summed E-state index contributed by atoms with van der Waals surface area (Å²) < 4.78 is 0. The Morgan fingerprint density at radius 2 is 1.72 bits per heavy atom. The van der Waals surface area contributed by atoms with Gasteiger partial charge < -0.3 is 5.73 Å². The first kappa shape index (κ1) is 15.2. The Kier molecular flexibility index (Phi) is 6.37. The molecule has 0 saturated heterocycles. The molecular weight excluding hydrogens is 220 g/mol. The SMILES string of the molecule is CC(C)Cc1ccc(C(C)N(C)CCCN)cc1. The lowest BCUT2D eigenvalue weighted by Crippen LogP contribution is -2.25. The second-order valence-corrected chi connectivity index (χ2v) is 5.64. The van der Waals surface area contributed by atoms with Gasteiger partial charge in [-0.1, -0.05) is 38.1 Å². The fraction of sp³-hybridized carbons (Fsp3) is 0.625. The monoisotopic (exact) mass is 248 g/mol. The average molecular weight is 248 g/mol. The molecule has 0 aliphatic carbocycles. The molecule has 1 aromatic rings. The van der Waals surface area contributed by atoms with Crippen LogP contribution >= 0.6 is 0 Å². The summed E-state index contributed by atoms with van der Waals surface area (Å²) in [4.78, 5) is 2.37. The topological polar surface area (TPSA) is 29.3 Å². The van der Waals surface area contributed by atoms with E-state index in [1.54, 1.807) is 0 Å². The summed E-state index contributed by atoms with van der Waals surface area (Å²) in [5.41, 5.74) is 8.38. The van der Waals surface area contributed by atoms with E-state index < -0.39 is 0 Å². The average Bonchev–Trinajstić information content (AvgIpc) is 2.35. The van der Waals surface area contributed by atoms with Gasteiger partial charge in [0.05, 0.1) is 0 Å². The van der Waals surface area contributed by atoms with Crippen molar-refractivity contribution in [2.24, 2.45) is 11.7 Å². The van der Waals surface area contributed by atoms with Gasteiger partial charge in [-0.3, -0.25) is 4.90 Å². The van der Waals surface area contributed by atoms with E-state index in [1.165, 1.54) is 11.1 Å². The molecule has 1 unspecified atom stereocenters. The van der Waals surface area contributed by atoms with Crippen molar-refractivity contribution in [1.29, 1.82) is 0 Å². The Hall–Kier alpha value is -0.860. The highest BCUT2D eigenvalue weighted by molar-refractivity contribution is 5.25. The Balaban J connectivity index is 2.60. The van der Waals surface area contributed by atoms with Crippen molar-refractivity contribution in [3.05, 3.63) is 35.4 Å². The van der Waals surface area contributed by atoms with Gasteiger partial charge in [0.15, 0.2) is 0 Å². The normalized spacial score (nSPS) is 13.3. The molecule has 0 aliphatic rings. The second kappa shape index (κ2) is 7.55. The van der Waals surface area contributed by atoms with Crippen LogP contribution in [0.1, 0.15) is 44.4 Å². The van der Waals surface area contributed by atoms with Crippen molar-refractivity contribution in [1.82, 2.24) is 4.90 Å². The van der Waals surface area contributed by atoms with Crippen LogP contribution in [0.2, 0.25) is 0 Å². The molecule has 18 heavy (non-hydrogen) atoms. The van der Waals surface area contributed by atoms with Crippen LogP contribution in [0.4, 0.5) is 0 Å². The van der Waals surface area contributed by atoms with E-state index in [9.17, 15) is 0 Å². The van der Waals surface area contributed by atoms with E-state index in [0.717, 1.165) is 31.8 Å². The summed E-state index contributed by atoms with van der Waals surface area (Å²) in [5.74, 6) is 0.723. The van der Waals surface area contributed by atoms with Gasteiger partial charge in [0.25, 0.3) is 0 Å². The molecule has 1 rings (SSSR count). The molecule has 0 fully saturated rings. The number of hydrogen-bond acceptors (Lipinski definition) is 2. The maximum atomic E-state index is 5.56. The summed E-state index contributed by atoms with van der Waals surface area (Å²) in [5, 5.41) is 0. The van der Waals surface area contributed by atoms with Gasteiger partial charge in [-0.15, -0.1) is 0 Å². The minimum Gasteiger partial charge on any atom is -0.330 e. The van der Waals surface area contributed by atoms with Crippen LogP contribution < -0.4 is 5.73 Å². The summed E-state index contributed by atoms with van der Waals surface area (Å²) >= 11 is 0. The molecule has 0 radical (unpaired) electrons. The Morgan fingerprint density at radius 3 is 2.22 bits per heavy atom. The summed E-state index contributed by atoms with van der Waals surface area (Å²) in [7, 11) is 2.17. The third kappa shape index (κ3) is 4.79. The fourth-order valence-electron chi connectivity index (χ4n) is 2.19. The minimum atomic E-state index is 0.463. The quantitative estimate of drug-likeness (QED) is 0.802. The van der Waals surface area contributed by atoms with Gasteiger partial charge in [-0.25, -0.2) is 0 Å². The Labute approximate surface area is 112 Å². The van der Waals surface area contributed by atoms with Crippen LogP contribution in [0.15, 0.2) is 24.3 Å². The molecule has 0 aromatic heterocycles. The molecule has 2 N–H and O–H groups in total. The Bertz CT molecular complexity index is 329. The molecule has 102 valence electrons. The zero-order chi connectivity index (χ0) is 13.5. The minimum absolute atomic E-state index is 0.463. The van der Waals surface area contributed by atoms with Gasteiger partial charge in [0.2, 0.25) is 0 Å². The zero-order valence-electron chi connectivity index (χ0n) is 12.3. The maximum absolute atomic E-state index is 5.56. The van der Waals surface area contributed by atoms with Crippen LogP contribution in [0.3, 0.4) is 0 Å². The third-order valence-electron chi connectivity index (χ3n) is 3.48. The van der Waals surface area contributed by atoms with E-state index in [2.05, 4.69) is 57.0 Å². The molecule has 2 nitrogen and oxygen atoms in total. The molecule has 0 bridgehead atoms. The summed E-state index contributed by atoms with van der Waals surface area (Å²) in [6.45, 7) is 8.61. The summed E-state index contributed by atoms with van der Waals surface area (Å²) in [6.07, 6.45) is 2.23. The zero-order valence-corrected chi connectivity index (χ0v) is 12.3. The highest BCUT2D eigenvalue weighted by atomic mass is 15.1. The lowest BCUT2D eigenvalue weighted by molar-refractivity contribution is 0.260. The predicted molar refractivity (Wildman–Crippen MR) is 79.7 cm³/mol.